The minimum Gasteiger partial charge on any atom is -0.199 e. The van der Waals surface area contributed by atoms with Gasteiger partial charge in [-0.25, -0.2) is 0 Å². The van der Waals surface area contributed by atoms with Gasteiger partial charge in [0, 0.05) is 6.42 Å². The Morgan fingerprint density at radius 1 is 0.714 bits per heavy atom. The van der Waals surface area contributed by atoms with E-state index in [0.717, 1.165) is 6.07 Å². The maximum Gasteiger partial charge on any atom is 0.459 e. The molecule has 0 amide bonds. The fraction of sp³-hybridized carbons (Fsp3) is 0.286. The van der Waals surface area contributed by atoms with E-state index in [0.29, 0.717) is 5.39 Å². The van der Waals surface area contributed by atoms with Gasteiger partial charge < -0.3 is 0 Å². The maximum absolute atomic E-state index is 13.4. The van der Waals surface area contributed by atoms with E-state index in [1.54, 1.807) is 18.2 Å². The van der Waals surface area contributed by atoms with Crippen molar-refractivity contribution >= 4 is 10.8 Å². The molecular weight excluding hydrogens is 301 g/mol. The van der Waals surface area contributed by atoms with Crippen LogP contribution < -0.4 is 0 Å². The van der Waals surface area contributed by atoms with Crippen molar-refractivity contribution in [3.05, 3.63) is 48.0 Å². The molecule has 0 saturated heterocycles. The Balaban J connectivity index is 2.44. The first-order valence-electron chi connectivity index (χ1n) is 5.85. The van der Waals surface area contributed by atoms with Gasteiger partial charge >= 0.3 is 18.0 Å². The molecule has 2 rings (SSSR count). The van der Waals surface area contributed by atoms with Crippen molar-refractivity contribution in [1.82, 2.24) is 0 Å². The minimum absolute atomic E-state index is 0.220. The lowest BCUT2D eigenvalue weighted by molar-refractivity contribution is -0.353. The molecule has 114 valence electrons. The summed E-state index contributed by atoms with van der Waals surface area (Å²) in [5.41, 5.74) is -0.262. The Hall–Kier alpha value is -1.79. The highest BCUT2D eigenvalue weighted by Gasteiger charge is 2.72. The summed E-state index contributed by atoms with van der Waals surface area (Å²) in [5.74, 6) is -11.3. The van der Waals surface area contributed by atoms with E-state index in [-0.39, 0.29) is 10.9 Å². The van der Waals surface area contributed by atoms with Crippen molar-refractivity contribution in [1.29, 1.82) is 0 Å². The van der Waals surface area contributed by atoms with Crippen LogP contribution in [0.15, 0.2) is 42.5 Å². The van der Waals surface area contributed by atoms with E-state index in [2.05, 4.69) is 0 Å². The summed E-state index contributed by atoms with van der Waals surface area (Å²) in [6, 6.07) is 10.0. The summed E-state index contributed by atoms with van der Waals surface area (Å²) in [6.07, 6.45) is -8.00. The van der Waals surface area contributed by atoms with Crippen LogP contribution in [0.25, 0.3) is 10.8 Å². The van der Waals surface area contributed by atoms with E-state index in [9.17, 15) is 30.7 Å². The van der Waals surface area contributed by atoms with E-state index in [4.69, 9.17) is 0 Å². The number of hydrogen-bond acceptors (Lipinski definition) is 0. The molecule has 0 bridgehead atoms. The van der Waals surface area contributed by atoms with Crippen molar-refractivity contribution in [2.75, 3.05) is 0 Å². The largest absolute Gasteiger partial charge is 0.459 e. The van der Waals surface area contributed by atoms with Crippen molar-refractivity contribution in [3.8, 4) is 0 Å². The first-order valence-corrected chi connectivity index (χ1v) is 5.85. The van der Waals surface area contributed by atoms with Gasteiger partial charge in [-0.1, -0.05) is 42.5 Å². The number of alkyl halides is 7. The third-order valence-electron chi connectivity index (χ3n) is 3.11. The zero-order chi connectivity index (χ0) is 15.9. The molecule has 0 unspecified atom stereocenters. The predicted molar refractivity (Wildman–Crippen MR) is 63.6 cm³/mol. The molecule has 2 aromatic rings. The molecular formula is C14H9F7. The number of halogens is 7. The fourth-order valence-electron chi connectivity index (χ4n) is 2.00. The van der Waals surface area contributed by atoms with Gasteiger partial charge in [0.25, 0.3) is 0 Å². The predicted octanol–water partition coefficient (Wildman–Crippen LogP) is 5.22. The van der Waals surface area contributed by atoms with Gasteiger partial charge in [0.2, 0.25) is 0 Å². The first-order chi connectivity index (χ1) is 9.56. The summed E-state index contributed by atoms with van der Waals surface area (Å²) in [5, 5.41) is 0.707. The average Bonchev–Trinajstić information content (AvgIpc) is 2.37. The van der Waals surface area contributed by atoms with Gasteiger partial charge in [-0.3, -0.25) is 0 Å². The van der Waals surface area contributed by atoms with Gasteiger partial charge in [0.1, 0.15) is 0 Å². The molecule has 0 heterocycles. The van der Waals surface area contributed by atoms with Crippen LogP contribution in [-0.4, -0.2) is 18.0 Å². The zero-order valence-corrected chi connectivity index (χ0v) is 10.4. The second-order valence-corrected chi connectivity index (χ2v) is 4.59. The van der Waals surface area contributed by atoms with Crippen LogP contribution >= 0.6 is 0 Å². The Labute approximate surface area is 115 Å². The molecule has 0 N–H and O–H groups in total. The summed E-state index contributed by atoms with van der Waals surface area (Å²) in [6.45, 7) is 0. The highest BCUT2D eigenvalue weighted by atomic mass is 19.4. The summed E-state index contributed by atoms with van der Waals surface area (Å²) >= 11 is 0. The van der Waals surface area contributed by atoms with Crippen LogP contribution in [0.5, 0.6) is 0 Å². The van der Waals surface area contributed by atoms with Gasteiger partial charge in [0.15, 0.2) is 0 Å². The Morgan fingerprint density at radius 3 is 1.90 bits per heavy atom. The van der Waals surface area contributed by atoms with Crippen molar-refractivity contribution in [3.63, 3.8) is 0 Å². The molecule has 7 heteroatoms. The third-order valence-corrected chi connectivity index (χ3v) is 3.11. The molecule has 0 aliphatic heterocycles. The standard InChI is InChI=1S/C14H9F7/c15-12(16,13(17,18)14(19,20)21)8-10-6-3-5-9-4-1-2-7-11(9)10/h1-7H,8H2. The van der Waals surface area contributed by atoms with Gasteiger partial charge in [-0.2, -0.15) is 30.7 Å². The molecule has 0 atom stereocenters. The van der Waals surface area contributed by atoms with Crippen LogP contribution in [0, 0.1) is 0 Å². The SMILES string of the molecule is FC(F)(F)C(F)(F)C(F)(F)Cc1cccc2ccccc12. The maximum atomic E-state index is 13.4. The molecule has 0 saturated carbocycles. The van der Waals surface area contributed by atoms with E-state index in [1.165, 1.54) is 18.2 Å². The minimum atomic E-state index is -6.30. The Bertz CT molecular complexity index is 638. The van der Waals surface area contributed by atoms with Crippen molar-refractivity contribution in [2.45, 2.75) is 24.4 Å². The van der Waals surface area contributed by atoms with E-state index in [1.807, 2.05) is 0 Å². The Morgan fingerprint density at radius 2 is 1.29 bits per heavy atom. The number of hydrogen-bond donors (Lipinski definition) is 0. The second kappa shape index (κ2) is 4.89. The first kappa shape index (κ1) is 15.6. The molecule has 0 radical (unpaired) electrons. The summed E-state index contributed by atoms with van der Waals surface area (Å²) in [4.78, 5) is 0. The number of rotatable bonds is 3. The quantitative estimate of drug-likeness (QED) is 0.682. The van der Waals surface area contributed by atoms with E-state index >= 15 is 0 Å². The monoisotopic (exact) mass is 310 g/mol. The van der Waals surface area contributed by atoms with E-state index < -0.39 is 24.4 Å². The lowest BCUT2D eigenvalue weighted by Gasteiger charge is -2.28. The topological polar surface area (TPSA) is 0 Å². The lowest BCUT2D eigenvalue weighted by Crippen LogP contribution is -2.53. The highest BCUT2D eigenvalue weighted by molar-refractivity contribution is 5.85. The van der Waals surface area contributed by atoms with Crippen LogP contribution in [0.4, 0.5) is 30.7 Å². The second-order valence-electron chi connectivity index (χ2n) is 4.59. The number of benzene rings is 2. The molecule has 0 aliphatic rings. The lowest BCUT2D eigenvalue weighted by atomic mass is 9.96. The molecule has 0 nitrogen and oxygen atoms in total. The Kier molecular flexibility index (Phi) is 3.63. The van der Waals surface area contributed by atoms with Crippen molar-refractivity contribution in [2.24, 2.45) is 0 Å². The van der Waals surface area contributed by atoms with Crippen LogP contribution in [0.3, 0.4) is 0 Å². The van der Waals surface area contributed by atoms with Gasteiger partial charge in [0.05, 0.1) is 0 Å². The zero-order valence-electron chi connectivity index (χ0n) is 10.4. The van der Waals surface area contributed by atoms with Crippen LogP contribution in [-0.2, 0) is 6.42 Å². The number of fused-ring (bicyclic) bond motifs is 1. The van der Waals surface area contributed by atoms with Crippen LogP contribution in [0.1, 0.15) is 5.56 Å². The molecule has 0 aliphatic carbocycles. The third kappa shape index (κ3) is 2.69. The summed E-state index contributed by atoms with van der Waals surface area (Å²) < 4.78 is 89.1. The molecule has 0 aromatic heterocycles. The van der Waals surface area contributed by atoms with Gasteiger partial charge in [-0.15, -0.1) is 0 Å². The molecule has 0 spiro atoms. The molecule has 0 fully saturated rings. The fourth-order valence-corrected chi connectivity index (χ4v) is 2.00. The average molecular weight is 310 g/mol. The van der Waals surface area contributed by atoms with Gasteiger partial charge in [-0.05, 0) is 16.3 Å². The normalized spacial score (nSPS) is 13.7. The molecule has 21 heavy (non-hydrogen) atoms. The van der Waals surface area contributed by atoms with Crippen LogP contribution in [0.2, 0.25) is 0 Å². The highest BCUT2D eigenvalue weighted by Crippen LogP contribution is 2.48. The molecule has 2 aromatic carbocycles. The summed E-state index contributed by atoms with van der Waals surface area (Å²) in [7, 11) is 0. The smallest absolute Gasteiger partial charge is 0.199 e. The van der Waals surface area contributed by atoms with Crippen molar-refractivity contribution < 1.29 is 30.7 Å².